The van der Waals surface area contributed by atoms with Gasteiger partial charge in [0, 0.05) is 23.2 Å². The van der Waals surface area contributed by atoms with E-state index in [0.29, 0.717) is 0 Å². The fourth-order valence-corrected chi connectivity index (χ4v) is 2.24. The Kier molecular flexibility index (Phi) is 3.05. The first kappa shape index (κ1) is 11.9. The van der Waals surface area contributed by atoms with E-state index in [-0.39, 0.29) is 12.0 Å². The summed E-state index contributed by atoms with van der Waals surface area (Å²) in [5.41, 5.74) is 8.16. The third-order valence-corrected chi connectivity index (χ3v) is 3.47. The van der Waals surface area contributed by atoms with E-state index in [1.807, 2.05) is 48.5 Å². The van der Waals surface area contributed by atoms with E-state index in [9.17, 15) is 0 Å². The highest BCUT2D eigenvalue weighted by atomic mass is 16.3. The minimum absolute atomic E-state index is 0.113. The van der Waals surface area contributed by atoms with E-state index in [1.165, 1.54) is 0 Å². The lowest BCUT2D eigenvalue weighted by Crippen LogP contribution is -2.17. The van der Waals surface area contributed by atoms with Gasteiger partial charge in [0.05, 0.1) is 6.04 Å². The fourth-order valence-electron chi connectivity index (χ4n) is 2.24. The molecule has 2 unspecified atom stereocenters. The molecule has 2 heterocycles. The summed E-state index contributed by atoms with van der Waals surface area (Å²) in [5.74, 6) is 0.918. The number of furan rings is 1. The van der Waals surface area contributed by atoms with Gasteiger partial charge in [-0.1, -0.05) is 31.2 Å². The van der Waals surface area contributed by atoms with Crippen LogP contribution in [0.5, 0.6) is 0 Å². The van der Waals surface area contributed by atoms with Crippen molar-refractivity contribution in [1.82, 2.24) is 4.98 Å². The monoisotopic (exact) mass is 252 g/mol. The lowest BCUT2D eigenvalue weighted by atomic mass is 9.96. The molecule has 0 aliphatic heterocycles. The van der Waals surface area contributed by atoms with Crippen molar-refractivity contribution in [2.75, 3.05) is 0 Å². The minimum Gasteiger partial charge on any atom is -0.459 e. The van der Waals surface area contributed by atoms with Crippen molar-refractivity contribution in [3.63, 3.8) is 0 Å². The highest BCUT2D eigenvalue weighted by Crippen LogP contribution is 2.31. The third kappa shape index (κ3) is 2.25. The summed E-state index contributed by atoms with van der Waals surface area (Å²) in [6, 6.07) is 15.6. The molecule has 0 bridgehead atoms. The predicted molar refractivity (Wildman–Crippen MR) is 75.8 cm³/mol. The second-order valence-electron chi connectivity index (χ2n) is 4.76. The topological polar surface area (TPSA) is 52.0 Å². The molecule has 0 saturated carbocycles. The van der Waals surface area contributed by atoms with Crippen molar-refractivity contribution in [3.05, 3.63) is 66.2 Å². The summed E-state index contributed by atoms with van der Waals surface area (Å²) in [6.07, 6.45) is 1.79. The van der Waals surface area contributed by atoms with Crippen molar-refractivity contribution in [1.29, 1.82) is 0 Å². The lowest BCUT2D eigenvalue weighted by molar-refractivity contribution is 0.453. The van der Waals surface area contributed by atoms with Gasteiger partial charge in [0.25, 0.3) is 0 Å². The van der Waals surface area contributed by atoms with Crippen molar-refractivity contribution in [2.45, 2.75) is 18.9 Å². The van der Waals surface area contributed by atoms with Crippen LogP contribution in [-0.4, -0.2) is 4.98 Å². The van der Waals surface area contributed by atoms with Crippen LogP contribution in [0, 0.1) is 0 Å². The molecular weight excluding hydrogens is 236 g/mol. The molecule has 3 rings (SSSR count). The van der Waals surface area contributed by atoms with Crippen molar-refractivity contribution in [3.8, 4) is 0 Å². The molecule has 2 atom stereocenters. The maximum Gasteiger partial charge on any atom is 0.134 e. The molecule has 3 aromatic rings. The molecule has 2 N–H and O–H groups in total. The van der Waals surface area contributed by atoms with Gasteiger partial charge >= 0.3 is 0 Å². The van der Waals surface area contributed by atoms with E-state index in [0.717, 1.165) is 22.4 Å². The van der Waals surface area contributed by atoms with Gasteiger partial charge in [0.15, 0.2) is 0 Å². The van der Waals surface area contributed by atoms with Crippen molar-refractivity contribution >= 4 is 11.0 Å². The number of rotatable bonds is 3. The number of hydrogen-bond acceptors (Lipinski definition) is 3. The molecule has 0 fully saturated rings. The van der Waals surface area contributed by atoms with Crippen molar-refractivity contribution in [2.24, 2.45) is 5.73 Å². The summed E-state index contributed by atoms with van der Waals surface area (Å²) in [5, 5.41) is 1.08. The molecular formula is C16H16N2O. The standard InChI is InChI=1S/C16H16N2O/c1-11(13-7-4-5-9-18-13)16(17)15-10-12-6-2-3-8-14(12)19-15/h2-11,16H,17H2,1H3. The Balaban J connectivity index is 1.93. The number of nitrogens with two attached hydrogens (primary N) is 1. The van der Waals surface area contributed by atoms with Crippen LogP contribution in [0.25, 0.3) is 11.0 Å². The first-order chi connectivity index (χ1) is 9.25. The first-order valence-electron chi connectivity index (χ1n) is 6.40. The maximum absolute atomic E-state index is 6.30. The highest BCUT2D eigenvalue weighted by molar-refractivity contribution is 5.77. The number of pyridine rings is 1. The molecule has 0 aliphatic rings. The van der Waals surface area contributed by atoms with E-state index in [2.05, 4.69) is 11.9 Å². The van der Waals surface area contributed by atoms with Crippen LogP contribution in [0.1, 0.15) is 30.3 Å². The molecule has 0 spiro atoms. The van der Waals surface area contributed by atoms with Crippen LogP contribution in [0.15, 0.2) is 59.1 Å². The van der Waals surface area contributed by atoms with Gasteiger partial charge < -0.3 is 10.2 Å². The number of nitrogens with zero attached hydrogens (tertiary/aromatic N) is 1. The molecule has 96 valence electrons. The largest absolute Gasteiger partial charge is 0.459 e. The molecule has 3 nitrogen and oxygen atoms in total. The summed E-state index contributed by atoms with van der Waals surface area (Å²) in [7, 11) is 0. The maximum atomic E-state index is 6.30. The predicted octanol–water partition coefficient (Wildman–Crippen LogP) is 3.63. The number of para-hydroxylation sites is 1. The molecule has 0 saturated heterocycles. The Morgan fingerprint density at radius 3 is 2.63 bits per heavy atom. The highest BCUT2D eigenvalue weighted by Gasteiger charge is 2.21. The van der Waals surface area contributed by atoms with E-state index < -0.39 is 0 Å². The van der Waals surface area contributed by atoms with Crippen LogP contribution in [0.2, 0.25) is 0 Å². The minimum atomic E-state index is -0.192. The molecule has 2 aromatic heterocycles. The second-order valence-corrected chi connectivity index (χ2v) is 4.76. The quantitative estimate of drug-likeness (QED) is 0.774. The average molecular weight is 252 g/mol. The molecule has 19 heavy (non-hydrogen) atoms. The van der Waals surface area contributed by atoms with Gasteiger partial charge in [-0.15, -0.1) is 0 Å². The third-order valence-electron chi connectivity index (χ3n) is 3.47. The smallest absolute Gasteiger partial charge is 0.134 e. The molecule has 3 heteroatoms. The van der Waals surface area contributed by atoms with E-state index >= 15 is 0 Å². The van der Waals surface area contributed by atoms with Gasteiger partial charge in [-0.25, -0.2) is 0 Å². The normalized spacial score (nSPS) is 14.4. The zero-order chi connectivity index (χ0) is 13.2. The Morgan fingerprint density at radius 1 is 1.11 bits per heavy atom. The summed E-state index contributed by atoms with van der Waals surface area (Å²) < 4.78 is 5.82. The van der Waals surface area contributed by atoms with Crippen LogP contribution in [0.4, 0.5) is 0 Å². The lowest BCUT2D eigenvalue weighted by Gasteiger charge is -2.17. The van der Waals surface area contributed by atoms with E-state index in [4.69, 9.17) is 10.2 Å². The summed E-state index contributed by atoms with van der Waals surface area (Å²) in [4.78, 5) is 4.36. The van der Waals surface area contributed by atoms with Gasteiger partial charge in [0.1, 0.15) is 11.3 Å². The Hall–Kier alpha value is -2.13. The average Bonchev–Trinajstić information content (AvgIpc) is 2.90. The molecule has 0 amide bonds. The Bertz CT molecular complexity index is 642. The van der Waals surface area contributed by atoms with E-state index in [1.54, 1.807) is 6.20 Å². The summed E-state index contributed by atoms with van der Waals surface area (Å²) in [6.45, 7) is 2.07. The van der Waals surface area contributed by atoms with Crippen LogP contribution in [-0.2, 0) is 0 Å². The number of hydrogen-bond donors (Lipinski definition) is 1. The second kappa shape index (κ2) is 4.86. The van der Waals surface area contributed by atoms with Gasteiger partial charge in [-0.2, -0.15) is 0 Å². The molecule has 0 radical (unpaired) electrons. The SMILES string of the molecule is CC(c1ccccn1)C(N)c1cc2ccccc2o1. The van der Waals surface area contributed by atoms with Gasteiger partial charge in [0.2, 0.25) is 0 Å². The number of aromatic nitrogens is 1. The number of fused-ring (bicyclic) bond motifs is 1. The zero-order valence-electron chi connectivity index (χ0n) is 10.8. The van der Waals surface area contributed by atoms with Crippen LogP contribution >= 0.6 is 0 Å². The Morgan fingerprint density at radius 2 is 1.89 bits per heavy atom. The molecule has 1 aromatic carbocycles. The molecule has 0 aliphatic carbocycles. The first-order valence-corrected chi connectivity index (χ1v) is 6.40. The van der Waals surface area contributed by atoms with Gasteiger partial charge in [-0.05, 0) is 24.3 Å². The Labute approximate surface area is 112 Å². The zero-order valence-corrected chi connectivity index (χ0v) is 10.8. The number of benzene rings is 1. The van der Waals surface area contributed by atoms with Crippen molar-refractivity contribution < 1.29 is 4.42 Å². The summed E-state index contributed by atoms with van der Waals surface area (Å²) >= 11 is 0. The van der Waals surface area contributed by atoms with Crippen LogP contribution < -0.4 is 5.73 Å². The van der Waals surface area contributed by atoms with Crippen LogP contribution in [0.3, 0.4) is 0 Å². The fraction of sp³-hybridized carbons (Fsp3) is 0.188. The van der Waals surface area contributed by atoms with Gasteiger partial charge in [-0.3, -0.25) is 4.98 Å².